The second kappa shape index (κ2) is 9.43. The third-order valence-corrected chi connectivity index (χ3v) is 11.8. The third-order valence-electron chi connectivity index (χ3n) is 11.8. The van der Waals surface area contributed by atoms with Crippen LogP contribution in [0.5, 0.6) is 0 Å². The third kappa shape index (κ3) is 3.63. The van der Waals surface area contributed by atoms with E-state index in [-0.39, 0.29) is 10.8 Å². The van der Waals surface area contributed by atoms with Gasteiger partial charge in [0, 0.05) is 43.9 Å². The van der Waals surface area contributed by atoms with Gasteiger partial charge in [-0.1, -0.05) is 113 Å². The monoisotopic (exact) mass is 642 g/mol. The summed E-state index contributed by atoms with van der Waals surface area (Å²) in [4.78, 5) is 0. The topological polar surface area (TPSA) is 26.3 Å². The molecule has 0 saturated carbocycles. The van der Waals surface area contributed by atoms with Crippen LogP contribution in [-0.4, -0.2) is 0 Å². The van der Waals surface area contributed by atoms with Crippen molar-refractivity contribution in [2.45, 2.75) is 38.5 Å². The molecule has 0 atom stereocenters. The summed E-state index contributed by atoms with van der Waals surface area (Å²) < 4.78 is 13.5. The van der Waals surface area contributed by atoms with Crippen LogP contribution in [0.15, 0.2) is 142 Å². The maximum absolute atomic E-state index is 6.76. The van der Waals surface area contributed by atoms with Crippen LogP contribution in [0.3, 0.4) is 0 Å². The maximum atomic E-state index is 6.76. The number of hydrogen-bond acceptors (Lipinski definition) is 2. The lowest BCUT2D eigenvalue weighted by atomic mass is 9.78. The van der Waals surface area contributed by atoms with Gasteiger partial charge < -0.3 is 8.83 Å². The zero-order valence-electron chi connectivity index (χ0n) is 28.5. The Hall–Kier alpha value is -5.86. The van der Waals surface area contributed by atoms with E-state index in [0.29, 0.717) is 0 Å². The molecule has 238 valence electrons. The first-order valence-electron chi connectivity index (χ1n) is 17.6. The van der Waals surface area contributed by atoms with Gasteiger partial charge in [0.05, 0.1) is 0 Å². The van der Waals surface area contributed by atoms with Crippen LogP contribution in [0, 0.1) is 0 Å². The molecular formula is C48H34O2. The van der Waals surface area contributed by atoms with E-state index in [1.54, 1.807) is 0 Å². The normalized spacial score (nSPS) is 15.1. The molecular weight excluding hydrogens is 609 g/mol. The zero-order valence-corrected chi connectivity index (χ0v) is 28.5. The van der Waals surface area contributed by atoms with E-state index in [4.69, 9.17) is 8.83 Å². The lowest BCUT2D eigenvalue weighted by Crippen LogP contribution is -2.17. The predicted octanol–water partition coefficient (Wildman–Crippen LogP) is 13.4. The fourth-order valence-electron chi connectivity index (χ4n) is 9.19. The highest BCUT2D eigenvalue weighted by molar-refractivity contribution is 6.01. The molecule has 0 unspecified atom stereocenters. The van der Waals surface area contributed by atoms with Gasteiger partial charge in [0.1, 0.15) is 22.7 Å². The van der Waals surface area contributed by atoms with Gasteiger partial charge in [-0.25, -0.2) is 0 Å². The zero-order chi connectivity index (χ0) is 33.5. The van der Waals surface area contributed by atoms with Crippen LogP contribution >= 0.6 is 0 Å². The van der Waals surface area contributed by atoms with Crippen LogP contribution in [0.25, 0.3) is 88.4 Å². The largest absolute Gasteiger partial charge is 0.456 e. The Morgan fingerprint density at radius 1 is 0.380 bits per heavy atom. The van der Waals surface area contributed by atoms with Crippen molar-refractivity contribution >= 4 is 43.5 Å². The highest BCUT2D eigenvalue weighted by Gasteiger charge is 2.46. The molecule has 0 aliphatic heterocycles. The van der Waals surface area contributed by atoms with E-state index in [1.807, 2.05) is 0 Å². The predicted molar refractivity (Wildman–Crippen MR) is 207 cm³/mol. The van der Waals surface area contributed by atoms with Crippen molar-refractivity contribution in [3.8, 4) is 44.9 Å². The van der Waals surface area contributed by atoms with Crippen molar-refractivity contribution in [3.05, 3.63) is 156 Å². The van der Waals surface area contributed by atoms with Crippen molar-refractivity contribution < 1.29 is 8.83 Å². The Morgan fingerprint density at radius 3 is 1.20 bits per heavy atom. The van der Waals surface area contributed by atoms with Gasteiger partial charge in [0.2, 0.25) is 0 Å². The number of hydrogen-bond donors (Lipinski definition) is 0. The van der Waals surface area contributed by atoms with E-state index in [0.717, 1.165) is 22.7 Å². The van der Waals surface area contributed by atoms with Crippen molar-refractivity contribution in [1.82, 2.24) is 0 Å². The molecule has 9 aromatic rings. The summed E-state index contributed by atoms with van der Waals surface area (Å²) >= 11 is 0. The first-order chi connectivity index (χ1) is 24.3. The molecule has 0 amide bonds. The lowest BCUT2D eigenvalue weighted by Gasteiger charge is -2.24. The molecule has 0 spiro atoms. The van der Waals surface area contributed by atoms with E-state index in [1.165, 1.54) is 88.0 Å². The van der Waals surface area contributed by atoms with Gasteiger partial charge in [-0.2, -0.15) is 0 Å². The molecule has 2 aromatic heterocycles. The fraction of sp³-hybridized carbons (Fsp3) is 0.125. The summed E-state index contributed by atoms with van der Waals surface area (Å²) in [5.74, 6) is 2.00. The van der Waals surface area contributed by atoms with Gasteiger partial charge in [-0.05, 0) is 103 Å². The molecule has 2 heteroatoms. The Kier molecular flexibility index (Phi) is 5.28. The molecule has 2 aliphatic carbocycles. The maximum Gasteiger partial charge on any atom is 0.139 e. The van der Waals surface area contributed by atoms with Crippen molar-refractivity contribution in [2.75, 3.05) is 0 Å². The second-order valence-electron chi connectivity index (χ2n) is 15.4. The molecule has 0 bridgehead atoms. The molecule has 2 aliphatic rings. The summed E-state index contributed by atoms with van der Waals surface area (Å²) in [5, 5.41) is 7.40. The fourth-order valence-corrected chi connectivity index (χ4v) is 9.19. The average Bonchev–Trinajstić information content (AvgIpc) is 3.83. The highest BCUT2D eigenvalue weighted by Crippen LogP contribution is 2.59. The SMILES string of the molecule is CC1(C)c2cc3c(cc2-c2oc4ccc(-c5ccc6ccccc6c5)cc4c21)C(C)(C)c1c-3oc2ccc(-c3ccc4ccccc4c3)cc12. The summed E-state index contributed by atoms with van der Waals surface area (Å²) in [6, 6.07) is 48.7. The number of rotatable bonds is 2. The Morgan fingerprint density at radius 2 is 0.760 bits per heavy atom. The standard InChI is InChI=1S/C48H34O2/c1-47(2)39-25-36-40(26-35(39)45-43(47)37-23-33(17-19-41(37)49-45)31-15-13-27-9-5-7-11-29(27)21-31)48(3,4)44-38-24-34(18-20-42(38)50-46(36)44)32-16-14-28-10-6-8-12-30(28)22-32/h5-26H,1-4H3. The van der Waals surface area contributed by atoms with Gasteiger partial charge in [-0.15, -0.1) is 0 Å². The van der Waals surface area contributed by atoms with E-state index in [9.17, 15) is 0 Å². The van der Waals surface area contributed by atoms with Gasteiger partial charge in [0.25, 0.3) is 0 Å². The minimum absolute atomic E-state index is 0.241. The quantitative estimate of drug-likeness (QED) is 0.188. The van der Waals surface area contributed by atoms with Crippen LogP contribution < -0.4 is 0 Å². The minimum atomic E-state index is -0.241. The van der Waals surface area contributed by atoms with E-state index >= 15 is 0 Å². The molecule has 0 fully saturated rings. The highest BCUT2D eigenvalue weighted by atomic mass is 16.3. The molecule has 50 heavy (non-hydrogen) atoms. The number of benzene rings is 7. The van der Waals surface area contributed by atoms with Crippen molar-refractivity contribution in [2.24, 2.45) is 0 Å². The van der Waals surface area contributed by atoms with Crippen LogP contribution in [-0.2, 0) is 10.8 Å². The lowest BCUT2D eigenvalue weighted by molar-refractivity contribution is 0.617. The second-order valence-corrected chi connectivity index (χ2v) is 15.4. The van der Waals surface area contributed by atoms with Gasteiger partial charge in [0.15, 0.2) is 0 Å². The molecule has 7 aromatic carbocycles. The number of fused-ring (bicyclic) bond motifs is 12. The summed E-state index contributed by atoms with van der Waals surface area (Å²) in [7, 11) is 0. The Labute approximate surface area is 290 Å². The molecule has 11 rings (SSSR count). The van der Waals surface area contributed by atoms with E-state index in [2.05, 4.69) is 161 Å². The first kappa shape index (κ1) is 28.0. The van der Waals surface area contributed by atoms with Crippen LogP contribution in [0.2, 0.25) is 0 Å². The van der Waals surface area contributed by atoms with Crippen molar-refractivity contribution in [1.29, 1.82) is 0 Å². The van der Waals surface area contributed by atoms with Crippen molar-refractivity contribution in [3.63, 3.8) is 0 Å². The first-order valence-corrected chi connectivity index (χ1v) is 17.6. The molecule has 0 saturated heterocycles. The van der Waals surface area contributed by atoms with E-state index < -0.39 is 0 Å². The minimum Gasteiger partial charge on any atom is -0.456 e. The Balaban J connectivity index is 1.04. The molecule has 2 heterocycles. The number of furan rings is 2. The van der Waals surface area contributed by atoms with Crippen LogP contribution in [0.1, 0.15) is 49.9 Å². The molecule has 0 N–H and O–H groups in total. The Bertz CT molecular complexity index is 2730. The van der Waals surface area contributed by atoms with Gasteiger partial charge >= 0.3 is 0 Å². The summed E-state index contributed by atoms with van der Waals surface area (Å²) in [6.45, 7) is 9.38. The summed E-state index contributed by atoms with van der Waals surface area (Å²) in [6.07, 6.45) is 0. The molecule has 0 radical (unpaired) electrons. The molecule has 2 nitrogen and oxygen atoms in total. The summed E-state index contributed by atoms with van der Waals surface area (Å²) in [5.41, 5.74) is 13.8. The smallest absolute Gasteiger partial charge is 0.139 e. The average molecular weight is 643 g/mol. The van der Waals surface area contributed by atoms with Crippen LogP contribution in [0.4, 0.5) is 0 Å². The van der Waals surface area contributed by atoms with Gasteiger partial charge in [-0.3, -0.25) is 0 Å².